The predicted octanol–water partition coefficient (Wildman–Crippen LogP) is 3.16. The van der Waals surface area contributed by atoms with Crippen molar-refractivity contribution in [2.45, 2.75) is 18.2 Å². The minimum atomic E-state index is -3.76. The van der Waals surface area contributed by atoms with Crippen LogP contribution in [0.4, 0.5) is 5.69 Å². The van der Waals surface area contributed by atoms with Crippen LogP contribution in [0.3, 0.4) is 0 Å². The summed E-state index contributed by atoms with van der Waals surface area (Å²) < 4.78 is 26.4. The van der Waals surface area contributed by atoms with Crippen LogP contribution >= 0.6 is 23.2 Å². The largest absolute Gasteiger partial charge is 0.398 e. The van der Waals surface area contributed by atoms with Gasteiger partial charge in [0.05, 0.1) is 10.7 Å². The normalized spacial score (nSPS) is 11.8. The standard InChI is InChI=1S/C12H16Cl2N2O2S/c1-3-5-16(6-4-2)19(17,18)12-10(14)7-9(13)8-11(12)15/h3,7-8H,1,4-6,15H2,2H3. The minimum absolute atomic E-state index is 0.0233. The average molecular weight is 323 g/mol. The van der Waals surface area contributed by atoms with Gasteiger partial charge in [-0.15, -0.1) is 6.58 Å². The molecule has 1 rings (SSSR count). The van der Waals surface area contributed by atoms with Crippen molar-refractivity contribution in [3.63, 3.8) is 0 Å². The van der Waals surface area contributed by atoms with Gasteiger partial charge in [-0.2, -0.15) is 4.31 Å². The van der Waals surface area contributed by atoms with Crippen molar-refractivity contribution in [1.29, 1.82) is 0 Å². The quantitative estimate of drug-likeness (QED) is 0.646. The predicted molar refractivity (Wildman–Crippen MR) is 80.1 cm³/mol. The first-order chi connectivity index (χ1) is 8.84. The summed E-state index contributed by atoms with van der Waals surface area (Å²) in [5.41, 5.74) is 5.78. The van der Waals surface area contributed by atoms with Crippen molar-refractivity contribution in [2.75, 3.05) is 18.8 Å². The van der Waals surface area contributed by atoms with Gasteiger partial charge in [-0.1, -0.05) is 36.2 Å². The molecule has 106 valence electrons. The number of nitrogens with zero attached hydrogens (tertiary/aromatic N) is 1. The smallest absolute Gasteiger partial charge is 0.246 e. The molecule has 0 atom stereocenters. The molecule has 0 saturated carbocycles. The fourth-order valence-electron chi connectivity index (χ4n) is 1.68. The highest BCUT2D eigenvalue weighted by Gasteiger charge is 2.28. The lowest BCUT2D eigenvalue weighted by Gasteiger charge is -2.21. The first-order valence-corrected chi connectivity index (χ1v) is 7.89. The highest BCUT2D eigenvalue weighted by molar-refractivity contribution is 7.89. The molecule has 2 N–H and O–H groups in total. The number of nitrogens with two attached hydrogens (primary N) is 1. The molecule has 0 fully saturated rings. The number of anilines is 1. The topological polar surface area (TPSA) is 63.4 Å². The second-order valence-corrected chi connectivity index (χ2v) is 6.68. The van der Waals surface area contributed by atoms with E-state index in [0.717, 1.165) is 0 Å². The molecule has 0 bridgehead atoms. The lowest BCUT2D eigenvalue weighted by molar-refractivity contribution is 0.442. The summed E-state index contributed by atoms with van der Waals surface area (Å²) in [5, 5.41) is 0.322. The van der Waals surface area contributed by atoms with Crippen molar-refractivity contribution < 1.29 is 8.42 Å². The molecule has 0 saturated heterocycles. The third-order valence-corrected chi connectivity index (χ3v) is 5.05. The first-order valence-electron chi connectivity index (χ1n) is 5.70. The van der Waals surface area contributed by atoms with Gasteiger partial charge in [0, 0.05) is 18.1 Å². The SMILES string of the molecule is C=CCN(CCC)S(=O)(=O)c1c(N)cc(Cl)cc1Cl. The van der Waals surface area contributed by atoms with Crippen molar-refractivity contribution in [2.24, 2.45) is 0 Å². The van der Waals surface area contributed by atoms with E-state index in [2.05, 4.69) is 6.58 Å². The van der Waals surface area contributed by atoms with Crippen LogP contribution in [0.2, 0.25) is 10.0 Å². The van der Waals surface area contributed by atoms with Gasteiger partial charge in [0.15, 0.2) is 0 Å². The van der Waals surface area contributed by atoms with Crippen LogP contribution in [0.25, 0.3) is 0 Å². The molecule has 0 aromatic heterocycles. The Labute approximate surface area is 123 Å². The summed E-state index contributed by atoms with van der Waals surface area (Å²) in [4.78, 5) is -0.103. The van der Waals surface area contributed by atoms with Crippen LogP contribution in [-0.2, 0) is 10.0 Å². The molecule has 4 nitrogen and oxygen atoms in total. The van der Waals surface area contributed by atoms with E-state index < -0.39 is 10.0 Å². The van der Waals surface area contributed by atoms with E-state index in [1.165, 1.54) is 22.5 Å². The summed E-state index contributed by atoms with van der Waals surface area (Å²) in [7, 11) is -3.76. The number of halogens is 2. The van der Waals surface area contributed by atoms with Crippen LogP contribution in [0.15, 0.2) is 29.7 Å². The lowest BCUT2D eigenvalue weighted by Crippen LogP contribution is -2.32. The van der Waals surface area contributed by atoms with Gasteiger partial charge in [-0.25, -0.2) is 8.42 Å². The molecule has 0 aliphatic heterocycles. The molecule has 0 amide bonds. The Hall–Kier alpha value is -0.750. The number of rotatable bonds is 6. The molecule has 0 aliphatic carbocycles. The van der Waals surface area contributed by atoms with E-state index >= 15 is 0 Å². The van der Waals surface area contributed by atoms with Crippen molar-refractivity contribution in [3.05, 3.63) is 34.8 Å². The second-order valence-electron chi connectivity index (χ2n) is 3.96. The van der Waals surface area contributed by atoms with Crippen LogP contribution in [0.5, 0.6) is 0 Å². The molecule has 7 heteroatoms. The van der Waals surface area contributed by atoms with E-state index in [-0.39, 0.29) is 22.2 Å². The van der Waals surface area contributed by atoms with Gasteiger partial charge in [-0.05, 0) is 18.6 Å². The molecule has 0 heterocycles. The lowest BCUT2D eigenvalue weighted by atomic mass is 10.3. The van der Waals surface area contributed by atoms with E-state index in [0.29, 0.717) is 18.0 Å². The van der Waals surface area contributed by atoms with Gasteiger partial charge < -0.3 is 5.73 Å². The fourth-order valence-corrected chi connectivity index (χ4v) is 4.13. The summed E-state index contributed by atoms with van der Waals surface area (Å²) in [5.74, 6) is 0. The van der Waals surface area contributed by atoms with E-state index in [4.69, 9.17) is 28.9 Å². The van der Waals surface area contributed by atoms with Gasteiger partial charge in [-0.3, -0.25) is 0 Å². The summed E-state index contributed by atoms with van der Waals surface area (Å²) in [6, 6.07) is 2.74. The van der Waals surface area contributed by atoms with Crippen LogP contribution < -0.4 is 5.73 Å². The molecule has 0 aliphatic rings. The highest BCUT2D eigenvalue weighted by atomic mass is 35.5. The van der Waals surface area contributed by atoms with Gasteiger partial charge in [0.25, 0.3) is 0 Å². The average Bonchev–Trinajstić information content (AvgIpc) is 2.26. The Morgan fingerprint density at radius 1 is 1.42 bits per heavy atom. The Bertz CT molecular complexity index is 550. The molecule has 1 aromatic rings. The maximum absolute atomic E-state index is 12.5. The molecule has 1 aromatic carbocycles. The monoisotopic (exact) mass is 322 g/mol. The van der Waals surface area contributed by atoms with Crippen LogP contribution in [-0.4, -0.2) is 25.8 Å². The molecular formula is C12H16Cl2N2O2S. The maximum Gasteiger partial charge on any atom is 0.246 e. The van der Waals surface area contributed by atoms with Gasteiger partial charge >= 0.3 is 0 Å². The summed E-state index contributed by atoms with van der Waals surface area (Å²) in [6.45, 7) is 6.02. The zero-order valence-corrected chi connectivity index (χ0v) is 12.9. The third-order valence-electron chi connectivity index (χ3n) is 2.44. The van der Waals surface area contributed by atoms with Gasteiger partial charge in [0.2, 0.25) is 10.0 Å². The van der Waals surface area contributed by atoms with E-state index in [9.17, 15) is 8.42 Å². The minimum Gasteiger partial charge on any atom is -0.398 e. The summed E-state index contributed by atoms with van der Waals surface area (Å²) >= 11 is 11.8. The molecule has 0 unspecified atom stereocenters. The number of benzene rings is 1. The van der Waals surface area contributed by atoms with E-state index in [1.54, 1.807) is 0 Å². The number of nitrogen functional groups attached to an aromatic ring is 1. The number of sulfonamides is 1. The fraction of sp³-hybridized carbons (Fsp3) is 0.333. The zero-order chi connectivity index (χ0) is 14.6. The van der Waals surface area contributed by atoms with Crippen LogP contribution in [0, 0.1) is 0 Å². The Kier molecular flexibility index (Phi) is 5.67. The van der Waals surface area contributed by atoms with Crippen molar-refractivity contribution in [3.8, 4) is 0 Å². The van der Waals surface area contributed by atoms with Crippen molar-refractivity contribution >= 4 is 38.9 Å². The molecule has 0 radical (unpaired) electrons. The number of hydrogen-bond acceptors (Lipinski definition) is 3. The zero-order valence-electron chi connectivity index (χ0n) is 10.6. The van der Waals surface area contributed by atoms with Gasteiger partial charge in [0.1, 0.15) is 4.90 Å². The molecular weight excluding hydrogens is 307 g/mol. The van der Waals surface area contributed by atoms with E-state index in [1.807, 2.05) is 6.92 Å². The molecule has 0 spiro atoms. The van der Waals surface area contributed by atoms with Crippen molar-refractivity contribution in [1.82, 2.24) is 4.31 Å². The number of hydrogen-bond donors (Lipinski definition) is 1. The highest BCUT2D eigenvalue weighted by Crippen LogP contribution is 2.33. The first kappa shape index (κ1) is 16.3. The third kappa shape index (κ3) is 3.63. The summed E-state index contributed by atoms with van der Waals surface area (Å²) in [6.07, 6.45) is 2.20. The second kappa shape index (κ2) is 6.61. The Morgan fingerprint density at radius 2 is 2.05 bits per heavy atom. The van der Waals surface area contributed by atoms with Crippen LogP contribution in [0.1, 0.15) is 13.3 Å². The Morgan fingerprint density at radius 3 is 2.53 bits per heavy atom. The Balaban J connectivity index is 3.37. The maximum atomic E-state index is 12.5. The molecule has 19 heavy (non-hydrogen) atoms.